The van der Waals surface area contributed by atoms with E-state index >= 15 is 0 Å². The van der Waals surface area contributed by atoms with Crippen LogP contribution in [-0.4, -0.2) is 109 Å². The van der Waals surface area contributed by atoms with Crippen LogP contribution in [0.2, 0.25) is 0 Å². The second-order valence-electron chi connectivity index (χ2n) is 11.8. The fourth-order valence-corrected chi connectivity index (χ4v) is 6.26. The van der Waals surface area contributed by atoms with Gasteiger partial charge in [-0.05, 0) is 57.6 Å². The van der Waals surface area contributed by atoms with Crippen molar-refractivity contribution in [2.24, 2.45) is 5.73 Å². The van der Waals surface area contributed by atoms with Crippen molar-refractivity contribution in [1.29, 1.82) is 0 Å². The van der Waals surface area contributed by atoms with E-state index in [2.05, 4.69) is 56.1 Å². The number of likely N-dealkylation sites (N-methyl/N-ethyl adjacent to an activating group) is 2. The van der Waals surface area contributed by atoms with Crippen LogP contribution in [0.1, 0.15) is 29.8 Å². The van der Waals surface area contributed by atoms with E-state index in [4.69, 9.17) is 15.5 Å². The lowest BCUT2D eigenvalue weighted by molar-refractivity contribution is 0.0982. The molecule has 10 nitrogen and oxygen atoms in total. The third kappa shape index (κ3) is 6.51. The number of piperazine rings is 1. The van der Waals surface area contributed by atoms with Gasteiger partial charge in [0.25, 0.3) is 5.91 Å². The van der Waals surface area contributed by atoms with E-state index in [1.807, 2.05) is 42.5 Å². The number of benzene rings is 2. The molecule has 3 fully saturated rings. The van der Waals surface area contributed by atoms with Crippen LogP contribution in [0.15, 0.2) is 54.6 Å². The Morgan fingerprint density at radius 1 is 0.857 bits per heavy atom. The van der Waals surface area contributed by atoms with Crippen molar-refractivity contribution >= 4 is 23.1 Å². The number of nitrogens with zero attached hydrogens (tertiary/aromatic N) is 6. The smallest absolute Gasteiger partial charge is 0.271 e. The molecule has 0 bridgehead atoms. The maximum Gasteiger partial charge on any atom is 0.271 e. The van der Waals surface area contributed by atoms with Crippen LogP contribution in [0.3, 0.4) is 0 Å². The maximum atomic E-state index is 12.5. The van der Waals surface area contributed by atoms with Crippen LogP contribution >= 0.6 is 0 Å². The number of aromatic nitrogens is 2. The Bertz CT molecular complexity index is 1350. The number of rotatable bonds is 8. The molecule has 4 heterocycles. The zero-order chi connectivity index (χ0) is 29.1. The quantitative estimate of drug-likeness (QED) is 0.422. The van der Waals surface area contributed by atoms with Crippen LogP contribution in [0.25, 0.3) is 11.3 Å². The number of hydrogen-bond acceptors (Lipinski definition) is 9. The number of primary amides is 1. The molecule has 6 rings (SSSR count). The zero-order valence-electron chi connectivity index (χ0n) is 24.7. The molecule has 222 valence electrons. The highest BCUT2D eigenvalue weighted by molar-refractivity contribution is 5.97. The fourth-order valence-electron chi connectivity index (χ4n) is 6.26. The highest BCUT2D eigenvalue weighted by atomic mass is 16.5. The van der Waals surface area contributed by atoms with E-state index in [-0.39, 0.29) is 11.8 Å². The summed E-state index contributed by atoms with van der Waals surface area (Å²) in [7, 11) is 4.29. The van der Waals surface area contributed by atoms with Gasteiger partial charge in [-0.25, -0.2) is 4.98 Å². The first-order valence-electron chi connectivity index (χ1n) is 15.1. The maximum absolute atomic E-state index is 12.5. The van der Waals surface area contributed by atoms with Gasteiger partial charge in [0.05, 0.1) is 0 Å². The Morgan fingerprint density at radius 3 is 2.21 bits per heavy atom. The van der Waals surface area contributed by atoms with Crippen molar-refractivity contribution in [3.05, 3.63) is 60.3 Å². The molecule has 10 heteroatoms. The molecule has 3 aromatic rings. The molecule has 1 atom stereocenters. The second-order valence-corrected chi connectivity index (χ2v) is 11.8. The summed E-state index contributed by atoms with van der Waals surface area (Å²) in [5, 5.41) is 3.30. The van der Waals surface area contributed by atoms with E-state index in [9.17, 15) is 4.79 Å². The third-order valence-electron chi connectivity index (χ3n) is 8.78. The minimum atomic E-state index is -0.644. The number of piperidine rings is 1. The first kappa shape index (κ1) is 28.4. The Kier molecular flexibility index (Phi) is 8.55. The fraction of sp³-hybridized carbons (Fsp3) is 0.469. The van der Waals surface area contributed by atoms with Gasteiger partial charge < -0.3 is 30.5 Å². The molecule has 0 radical (unpaired) electrons. The molecule has 3 saturated heterocycles. The third-order valence-corrected chi connectivity index (χ3v) is 8.78. The van der Waals surface area contributed by atoms with Crippen molar-refractivity contribution in [2.75, 3.05) is 76.7 Å². The van der Waals surface area contributed by atoms with Crippen molar-refractivity contribution in [3.63, 3.8) is 0 Å². The number of anilines is 3. The average molecular weight is 571 g/mol. The van der Waals surface area contributed by atoms with Gasteiger partial charge in [-0.1, -0.05) is 30.3 Å². The summed E-state index contributed by atoms with van der Waals surface area (Å²) in [5.41, 5.74) is 9.23. The van der Waals surface area contributed by atoms with Crippen molar-refractivity contribution in [3.8, 4) is 17.1 Å². The first-order chi connectivity index (χ1) is 20.4. The molecule has 0 saturated carbocycles. The van der Waals surface area contributed by atoms with Crippen molar-refractivity contribution in [2.45, 2.75) is 31.4 Å². The SMILES string of the molecule is CN1CCN(C2CCN(c3ccc(Nc4nc(O[C@@H]5CCN(C)C5)c(-c5ccccc5)nc4C(N)=O)cc3)CC2)CC1. The van der Waals surface area contributed by atoms with Crippen LogP contribution in [0, 0.1) is 0 Å². The Hall–Kier alpha value is -3.73. The minimum absolute atomic E-state index is 0.00119. The Morgan fingerprint density at radius 2 is 1.57 bits per heavy atom. The van der Waals surface area contributed by atoms with Crippen LogP contribution in [0.4, 0.5) is 17.2 Å². The van der Waals surface area contributed by atoms with Gasteiger partial charge in [-0.15, -0.1) is 0 Å². The molecular formula is C32H42N8O2. The van der Waals surface area contributed by atoms with Gasteiger partial charge >= 0.3 is 0 Å². The van der Waals surface area contributed by atoms with E-state index in [0.29, 0.717) is 23.4 Å². The van der Waals surface area contributed by atoms with Gasteiger partial charge in [-0.2, -0.15) is 4.98 Å². The second kappa shape index (κ2) is 12.6. The lowest BCUT2D eigenvalue weighted by Gasteiger charge is -2.42. The number of hydrogen-bond donors (Lipinski definition) is 2. The van der Waals surface area contributed by atoms with E-state index in [1.165, 1.54) is 31.6 Å². The summed E-state index contributed by atoms with van der Waals surface area (Å²) in [5.74, 6) is 0.0484. The highest BCUT2D eigenvalue weighted by Gasteiger charge is 2.28. The monoisotopic (exact) mass is 570 g/mol. The summed E-state index contributed by atoms with van der Waals surface area (Å²) < 4.78 is 6.38. The predicted molar refractivity (Wildman–Crippen MR) is 167 cm³/mol. The van der Waals surface area contributed by atoms with Gasteiger partial charge in [-0.3, -0.25) is 9.69 Å². The lowest BCUT2D eigenvalue weighted by atomic mass is 10.0. The summed E-state index contributed by atoms with van der Waals surface area (Å²) in [6.07, 6.45) is 3.28. The molecule has 0 unspecified atom stereocenters. The number of carbonyl (C=O) groups is 1. The van der Waals surface area contributed by atoms with E-state index in [1.54, 1.807) is 0 Å². The van der Waals surface area contributed by atoms with E-state index < -0.39 is 5.91 Å². The number of carbonyl (C=O) groups excluding carboxylic acids is 1. The van der Waals surface area contributed by atoms with Gasteiger partial charge in [0.2, 0.25) is 5.88 Å². The predicted octanol–water partition coefficient (Wildman–Crippen LogP) is 3.29. The van der Waals surface area contributed by atoms with Gasteiger partial charge in [0, 0.05) is 75.3 Å². The molecule has 1 aromatic heterocycles. The Balaban J connectivity index is 1.18. The molecule has 0 aliphatic carbocycles. The van der Waals surface area contributed by atoms with Gasteiger partial charge in [0.15, 0.2) is 11.5 Å². The summed E-state index contributed by atoms with van der Waals surface area (Å²) in [6, 6.07) is 18.6. The standard InChI is InChI=1S/C32H42N8O2/c1-37-18-20-40(21-19-37)26-12-16-39(17-13-26)25-10-8-24(9-11-25)34-31-29(30(33)41)35-28(23-6-4-3-5-7-23)32(36-31)42-27-14-15-38(2)22-27/h3-11,26-27H,12-22H2,1-2H3,(H2,33,41)(H,34,36)/t27-/m1/s1. The Labute approximate surface area is 248 Å². The molecule has 3 N–H and O–H groups in total. The van der Waals surface area contributed by atoms with Crippen LogP contribution in [0.5, 0.6) is 5.88 Å². The van der Waals surface area contributed by atoms with Crippen molar-refractivity contribution < 1.29 is 9.53 Å². The topological polar surface area (TPSA) is 103 Å². The summed E-state index contributed by atoms with van der Waals surface area (Å²) in [6.45, 7) is 8.56. The summed E-state index contributed by atoms with van der Waals surface area (Å²) >= 11 is 0. The summed E-state index contributed by atoms with van der Waals surface area (Å²) in [4.78, 5) is 31.8. The van der Waals surface area contributed by atoms with E-state index in [0.717, 1.165) is 56.9 Å². The van der Waals surface area contributed by atoms with Crippen LogP contribution in [-0.2, 0) is 0 Å². The number of nitrogens with two attached hydrogens (primary N) is 1. The average Bonchev–Trinajstić information content (AvgIpc) is 3.42. The molecule has 2 aromatic carbocycles. The zero-order valence-corrected chi connectivity index (χ0v) is 24.7. The minimum Gasteiger partial charge on any atom is -0.471 e. The molecule has 1 amide bonds. The normalized spacial score (nSPS) is 21.0. The number of amides is 1. The number of nitrogens with one attached hydrogen (secondary N) is 1. The first-order valence-corrected chi connectivity index (χ1v) is 15.1. The number of likely N-dealkylation sites (tertiary alicyclic amines) is 1. The molecular weight excluding hydrogens is 528 g/mol. The molecule has 3 aliphatic heterocycles. The van der Waals surface area contributed by atoms with Gasteiger partial charge in [0.1, 0.15) is 11.8 Å². The largest absolute Gasteiger partial charge is 0.471 e. The number of ether oxygens (including phenoxy) is 1. The van der Waals surface area contributed by atoms with Crippen molar-refractivity contribution in [1.82, 2.24) is 24.7 Å². The van der Waals surface area contributed by atoms with Crippen LogP contribution < -0.4 is 20.7 Å². The molecule has 0 spiro atoms. The molecule has 42 heavy (non-hydrogen) atoms. The highest BCUT2D eigenvalue weighted by Crippen LogP contribution is 2.33. The lowest BCUT2D eigenvalue weighted by Crippen LogP contribution is -2.52. The molecule has 3 aliphatic rings.